The lowest BCUT2D eigenvalue weighted by Crippen LogP contribution is -2.48. The van der Waals surface area contributed by atoms with Gasteiger partial charge in [-0.05, 0) is 37.1 Å². The summed E-state index contributed by atoms with van der Waals surface area (Å²) in [4.78, 5) is 23.2. The van der Waals surface area contributed by atoms with E-state index in [1.54, 1.807) is 36.7 Å². The van der Waals surface area contributed by atoms with Crippen LogP contribution in [0.2, 0.25) is 0 Å². The molecule has 1 N–H and O–H groups in total. The molecule has 1 aromatic heterocycles. The molecule has 1 unspecified atom stereocenters. The first kappa shape index (κ1) is 14.7. The second-order valence-corrected chi connectivity index (χ2v) is 5.88. The smallest absolute Gasteiger partial charge is 0.251 e. The number of benzene rings is 1. The second kappa shape index (κ2) is 6.35. The quantitative estimate of drug-likeness (QED) is 0.923. The fourth-order valence-electron chi connectivity index (χ4n) is 3.04. The monoisotopic (exact) mass is 326 g/mol. The Morgan fingerprint density at radius 3 is 2.92 bits per heavy atom. The SMILES string of the molecule is O=C(NC1CCCN(c2ncccn2)C1)c1ccc2c(c1)OCO2. The summed E-state index contributed by atoms with van der Waals surface area (Å²) in [7, 11) is 0. The highest BCUT2D eigenvalue weighted by atomic mass is 16.7. The highest BCUT2D eigenvalue weighted by molar-refractivity contribution is 5.95. The fraction of sp³-hybridized carbons (Fsp3) is 0.353. The number of carbonyl (C=O) groups excluding carboxylic acids is 1. The zero-order valence-electron chi connectivity index (χ0n) is 13.1. The lowest BCUT2D eigenvalue weighted by molar-refractivity contribution is 0.0932. The van der Waals surface area contributed by atoms with Crippen LogP contribution in [-0.4, -0.2) is 41.8 Å². The molecule has 2 aliphatic heterocycles. The molecule has 0 radical (unpaired) electrons. The van der Waals surface area contributed by atoms with E-state index in [9.17, 15) is 4.79 Å². The van der Waals surface area contributed by atoms with E-state index >= 15 is 0 Å². The molecule has 0 aliphatic carbocycles. The van der Waals surface area contributed by atoms with Gasteiger partial charge in [0.1, 0.15) is 0 Å². The van der Waals surface area contributed by atoms with Gasteiger partial charge in [-0.1, -0.05) is 0 Å². The predicted octanol–water partition coefficient (Wildman–Crippen LogP) is 1.60. The van der Waals surface area contributed by atoms with Crippen LogP contribution >= 0.6 is 0 Å². The van der Waals surface area contributed by atoms with Gasteiger partial charge in [0.25, 0.3) is 5.91 Å². The van der Waals surface area contributed by atoms with Crippen LogP contribution in [0.25, 0.3) is 0 Å². The van der Waals surface area contributed by atoms with Crippen molar-refractivity contribution in [2.75, 3.05) is 24.8 Å². The molecule has 0 bridgehead atoms. The molecule has 1 aromatic carbocycles. The van der Waals surface area contributed by atoms with Gasteiger partial charge in [-0.2, -0.15) is 0 Å². The van der Waals surface area contributed by atoms with Gasteiger partial charge in [0.2, 0.25) is 12.7 Å². The summed E-state index contributed by atoms with van der Waals surface area (Å²) in [6.07, 6.45) is 5.40. The molecule has 124 valence electrons. The second-order valence-electron chi connectivity index (χ2n) is 5.88. The summed E-state index contributed by atoms with van der Waals surface area (Å²) >= 11 is 0. The van der Waals surface area contributed by atoms with Crippen LogP contribution in [0.5, 0.6) is 11.5 Å². The molecule has 1 atom stereocenters. The van der Waals surface area contributed by atoms with Crippen molar-refractivity contribution in [2.24, 2.45) is 0 Å². The molecule has 4 rings (SSSR count). The number of amides is 1. The number of hydrogen-bond acceptors (Lipinski definition) is 6. The minimum atomic E-state index is -0.103. The maximum Gasteiger partial charge on any atom is 0.251 e. The van der Waals surface area contributed by atoms with Gasteiger partial charge in [-0.3, -0.25) is 4.79 Å². The molecule has 1 amide bonds. The Hall–Kier alpha value is -2.83. The van der Waals surface area contributed by atoms with E-state index in [2.05, 4.69) is 20.2 Å². The van der Waals surface area contributed by atoms with Crippen LogP contribution in [0, 0.1) is 0 Å². The number of fused-ring (bicyclic) bond motifs is 1. The fourth-order valence-corrected chi connectivity index (χ4v) is 3.04. The maximum atomic E-state index is 12.5. The molecule has 7 heteroatoms. The summed E-state index contributed by atoms with van der Waals surface area (Å²) < 4.78 is 10.6. The van der Waals surface area contributed by atoms with Gasteiger partial charge in [-0.15, -0.1) is 0 Å². The average molecular weight is 326 g/mol. The van der Waals surface area contributed by atoms with Crippen molar-refractivity contribution < 1.29 is 14.3 Å². The first-order valence-corrected chi connectivity index (χ1v) is 8.02. The lowest BCUT2D eigenvalue weighted by atomic mass is 10.1. The molecule has 2 aliphatic rings. The lowest BCUT2D eigenvalue weighted by Gasteiger charge is -2.33. The molecule has 24 heavy (non-hydrogen) atoms. The third kappa shape index (κ3) is 2.97. The largest absolute Gasteiger partial charge is 0.454 e. The van der Waals surface area contributed by atoms with Crippen molar-refractivity contribution in [3.05, 3.63) is 42.2 Å². The summed E-state index contributed by atoms with van der Waals surface area (Å²) in [5, 5.41) is 3.09. The number of hydrogen-bond donors (Lipinski definition) is 1. The molecule has 0 spiro atoms. The topological polar surface area (TPSA) is 76.6 Å². The first-order chi connectivity index (χ1) is 11.8. The Kier molecular flexibility index (Phi) is 3.90. The van der Waals surface area contributed by atoms with Crippen LogP contribution in [0.4, 0.5) is 5.95 Å². The summed E-state index contributed by atoms with van der Waals surface area (Å²) in [5.74, 6) is 1.90. The van der Waals surface area contributed by atoms with E-state index in [0.717, 1.165) is 19.4 Å². The van der Waals surface area contributed by atoms with Crippen molar-refractivity contribution in [2.45, 2.75) is 18.9 Å². The number of carbonyl (C=O) groups is 1. The maximum absolute atomic E-state index is 12.5. The van der Waals surface area contributed by atoms with Crippen molar-refractivity contribution in [1.29, 1.82) is 0 Å². The number of aromatic nitrogens is 2. The Morgan fingerprint density at radius 1 is 1.21 bits per heavy atom. The van der Waals surface area contributed by atoms with Crippen molar-refractivity contribution in [1.82, 2.24) is 15.3 Å². The first-order valence-electron chi connectivity index (χ1n) is 8.02. The van der Waals surface area contributed by atoms with Crippen LogP contribution in [0.15, 0.2) is 36.7 Å². The highest BCUT2D eigenvalue weighted by Crippen LogP contribution is 2.32. The number of anilines is 1. The summed E-state index contributed by atoms with van der Waals surface area (Å²) in [6, 6.07) is 7.11. The molecular weight excluding hydrogens is 308 g/mol. The van der Waals surface area contributed by atoms with Crippen molar-refractivity contribution in [3.63, 3.8) is 0 Å². The zero-order chi connectivity index (χ0) is 16.4. The Balaban J connectivity index is 1.42. The average Bonchev–Trinajstić information content (AvgIpc) is 3.10. The predicted molar refractivity (Wildman–Crippen MR) is 87.3 cm³/mol. The molecule has 2 aromatic rings. The summed E-state index contributed by atoms with van der Waals surface area (Å²) in [6.45, 7) is 1.82. The molecule has 1 fully saturated rings. The third-order valence-corrected chi connectivity index (χ3v) is 4.23. The van der Waals surface area contributed by atoms with Gasteiger partial charge in [0.15, 0.2) is 11.5 Å². The van der Waals surface area contributed by atoms with Crippen LogP contribution in [0.3, 0.4) is 0 Å². The molecule has 7 nitrogen and oxygen atoms in total. The Morgan fingerprint density at radius 2 is 2.04 bits per heavy atom. The number of nitrogens with zero attached hydrogens (tertiary/aromatic N) is 3. The van der Waals surface area contributed by atoms with E-state index in [0.29, 0.717) is 29.6 Å². The number of ether oxygens (including phenoxy) is 2. The van der Waals surface area contributed by atoms with E-state index in [1.165, 1.54) is 0 Å². The van der Waals surface area contributed by atoms with Crippen molar-refractivity contribution >= 4 is 11.9 Å². The van der Waals surface area contributed by atoms with Crippen LogP contribution in [-0.2, 0) is 0 Å². The Labute approximate surface area is 139 Å². The molecule has 1 saturated heterocycles. The molecule has 0 saturated carbocycles. The van der Waals surface area contributed by atoms with Crippen LogP contribution < -0.4 is 19.7 Å². The standard InChI is InChI=1S/C17H18N4O3/c22-16(12-4-5-14-15(9-12)24-11-23-14)20-13-3-1-8-21(10-13)17-18-6-2-7-19-17/h2,4-7,9,13H,1,3,8,10-11H2,(H,20,22). The zero-order valence-corrected chi connectivity index (χ0v) is 13.1. The van der Waals surface area contributed by atoms with Gasteiger partial charge >= 0.3 is 0 Å². The number of rotatable bonds is 3. The van der Waals surface area contributed by atoms with Gasteiger partial charge in [-0.25, -0.2) is 9.97 Å². The van der Waals surface area contributed by atoms with E-state index in [4.69, 9.17) is 9.47 Å². The van der Waals surface area contributed by atoms with Gasteiger partial charge in [0.05, 0.1) is 0 Å². The number of piperidine rings is 1. The summed E-state index contributed by atoms with van der Waals surface area (Å²) in [5.41, 5.74) is 0.576. The van der Waals surface area contributed by atoms with E-state index < -0.39 is 0 Å². The van der Waals surface area contributed by atoms with E-state index in [-0.39, 0.29) is 18.7 Å². The third-order valence-electron chi connectivity index (χ3n) is 4.23. The van der Waals surface area contributed by atoms with Crippen molar-refractivity contribution in [3.8, 4) is 11.5 Å². The van der Waals surface area contributed by atoms with Gasteiger partial charge in [0, 0.05) is 37.1 Å². The van der Waals surface area contributed by atoms with E-state index in [1.807, 2.05) is 0 Å². The van der Waals surface area contributed by atoms with Gasteiger partial charge < -0.3 is 19.7 Å². The Bertz CT molecular complexity index is 738. The molecular formula is C17H18N4O3. The number of nitrogens with one attached hydrogen (secondary N) is 1. The molecule has 3 heterocycles. The highest BCUT2D eigenvalue weighted by Gasteiger charge is 2.24. The normalized spacial score (nSPS) is 19.2. The minimum absolute atomic E-state index is 0.0699. The minimum Gasteiger partial charge on any atom is -0.454 e. The van der Waals surface area contributed by atoms with Crippen LogP contribution in [0.1, 0.15) is 23.2 Å².